The van der Waals surface area contributed by atoms with Crippen molar-refractivity contribution in [3.05, 3.63) is 40.2 Å². The van der Waals surface area contributed by atoms with Crippen LogP contribution in [-0.2, 0) is 0 Å². The van der Waals surface area contributed by atoms with Crippen molar-refractivity contribution in [2.75, 3.05) is 12.4 Å². The zero-order valence-corrected chi connectivity index (χ0v) is 11.3. The number of ether oxygens (including phenoxy) is 1. The van der Waals surface area contributed by atoms with Gasteiger partial charge in [0.25, 0.3) is 0 Å². The molecule has 2 rings (SSSR count). The first kappa shape index (κ1) is 12.1. The molecule has 6 heteroatoms. The lowest BCUT2D eigenvalue weighted by molar-refractivity contribution is 0.413. The summed E-state index contributed by atoms with van der Waals surface area (Å²) in [6.45, 7) is 0. The van der Waals surface area contributed by atoms with Gasteiger partial charge in [-0.2, -0.15) is 0 Å². The highest BCUT2D eigenvalue weighted by Gasteiger charge is 2.11. The minimum atomic E-state index is 0.275. The number of nitrogens with zero attached hydrogens (tertiary/aromatic N) is 2. The molecule has 0 fully saturated rings. The fourth-order valence-electron chi connectivity index (χ4n) is 1.31. The van der Waals surface area contributed by atoms with Gasteiger partial charge in [0, 0.05) is 4.47 Å². The summed E-state index contributed by atoms with van der Waals surface area (Å²) < 4.78 is 6.08. The molecular weight excluding hydrogens is 305 g/mol. The maximum Gasteiger partial charge on any atom is 0.199 e. The van der Waals surface area contributed by atoms with E-state index in [1.807, 2.05) is 24.3 Å². The zero-order valence-electron chi connectivity index (χ0n) is 8.95. The van der Waals surface area contributed by atoms with Gasteiger partial charge in [0.05, 0.1) is 12.8 Å². The zero-order chi connectivity index (χ0) is 12.3. The second kappa shape index (κ2) is 5.33. The molecule has 1 N–H and O–H groups in total. The van der Waals surface area contributed by atoms with E-state index in [4.69, 9.17) is 16.3 Å². The molecule has 4 nitrogen and oxygen atoms in total. The molecule has 0 aliphatic carbocycles. The quantitative estimate of drug-likeness (QED) is 0.879. The van der Waals surface area contributed by atoms with Gasteiger partial charge in [-0.1, -0.05) is 23.7 Å². The Hall–Kier alpha value is -1.33. The number of nitrogens with one attached hydrogen (secondary N) is 1. The Balaban J connectivity index is 2.37. The van der Waals surface area contributed by atoms with Crippen LogP contribution in [0, 0.1) is 0 Å². The van der Waals surface area contributed by atoms with Crippen LogP contribution < -0.4 is 10.1 Å². The van der Waals surface area contributed by atoms with Crippen molar-refractivity contribution >= 4 is 39.0 Å². The molecule has 0 atom stereocenters. The summed E-state index contributed by atoms with van der Waals surface area (Å²) in [5, 5.41) is 3.40. The average molecular weight is 315 g/mol. The van der Waals surface area contributed by atoms with Crippen LogP contribution in [0.4, 0.5) is 11.5 Å². The molecule has 0 aliphatic rings. The van der Waals surface area contributed by atoms with E-state index in [2.05, 4.69) is 31.2 Å². The molecule has 17 heavy (non-hydrogen) atoms. The normalized spacial score (nSPS) is 10.1. The molecule has 0 spiro atoms. The number of hydrogen-bond acceptors (Lipinski definition) is 4. The molecule has 0 amide bonds. The number of anilines is 2. The van der Waals surface area contributed by atoms with Crippen molar-refractivity contribution in [1.82, 2.24) is 9.97 Å². The van der Waals surface area contributed by atoms with Crippen molar-refractivity contribution in [3.8, 4) is 5.75 Å². The number of aromatic nitrogens is 2. The first-order valence-electron chi connectivity index (χ1n) is 4.78. The Morgan fingerprint density at radius 3 is 2.76 bits per heavy atom. The molecule has 1 heterocycles. The average Bonchev–Trinajstić information content (AvgIpc) is 2.32. The molecule has 0 radical (unpaired) electrons. The first-order chi connectivity index (χ1) is 8.22. The molecule has 0 bridgehead atoms. The van der Waals surface area contributed by atoms with Crippen LogP contribution >= 0.6 is 27.5 Å². The van der Waals surface area contributed by atoms with Crippen molar-refractivity contribution in [2.24, 2.45) is 0 Å². The van der Waals surface area contributed by atoms with E-state index in [0.717, 1.165) is 10.2 Å². The van der Waals surface area contributed by atoms with Gasteiger partial charge in [0.15, 0.2) is 16.7 Å². The summed E-state index contributed by atoms with van der Waals surface area (Å²) in [5.41, 5.74) is 0.876. The number of benzene rings is 1. The van der Waals surface area contributed by atoms with Gasteiger partial charge in [-0.05, 0) is 28.1 Å². The van der Waals surface area contributed by atoms with E-state index < -0.39 is 0 Å². The highest BCUT2D eigenvalue weighted by atomic mass is 79.9. The molecular formula is C11H9BrClN3O. The number of para-hydroxylation sites is 1. The number of hydrogen-bond donors (Lipinski definition) is 1. The van der Waals surface area contributed by atoms with E-state index >= 15 is 0 Å². The van der Waals surface area contributed by atoms with E-state index in [1.165, 1.54) is 13.4 Å². The Labute approximate surface area is 112 Å². The summed E-state index contributed by atoms with van der Waals surface area (Å²) in [5.74, 6) is 0.948. The number of halogens is 2. The van der Waals surface area contributed by atoms with Crippen molar-refractivity contribution in [1.29, 1.82) is 0 Å². The minimum Gasteiger partial charge on any atom is -0.490 e. The fraction of sp³-hybridized carbons (Fsp3) is 0.0909. The highest BCUT2D eigenvalue weighted by Crippen LogP contribution is 2.32. The maximum absolute atomic E-state index is 5.91. The molecule has 1 aromatic carbocycles. The van der Waals surface area contributed by atoms with Crippen molar-refractivity contribution in [3.63, 3.8) is 0 Å². The molecule has 0 aliphatic heterocycles. The van der Waals surface area contributed by atoms with Crippen molar-refractivity contribution < 1.29 is 4.74 Å². The van der Waals surface area contributed by atoms with Gasteiger partial charge in [-0.15, -0.1) is 0 Å². The van der Waals surface area contributed by atoms with Crippen molar-refractivity contribution in [2.45, 2.75) is 0 Å². The topological polar surface area (TPSA) is 47.0 Å². The second-order valence-corrected chi connectivity index (χ2v) is 4.36. The summed E-state index contributed by atoms with van der Waals surface area (Å²) in [7, 11) is 1.52. The third-order valence-corrected chi connectivity index (χ3v) is 3.05. The van der Waals surface area contributed by atoms with Gasteiger partial charge >= 0.3 is 0 Å². The summed E-state index contributed by atoms with van der Waals surface area (Å²) in [6.07, 6.45) is 1.38. The summed E-state index contributed by atoms with van der Waals surface area (Å²) in [6, 6.07) is 7.69. The number of rotatable bonds is 3. The summed E-state index contributed by atoms with van der Waals surface area (Å²) >= 11 is 9.35. The van der Waals surface area contributed by atoms with E-state index in [9.17, 15) is 0 Å². The van der Waals surface area contributed by atoms with Gasteiger partial charge in [0.2, 0.25) is 0 Å². The summed E-state index contributed by atoms with van der Waals surface area (Å²) in [4.78, 5) is 7.95. The smallest absolute Gasteiger partial charge is 0.199 e. The van der Waals surface area contributed by atoms with E-state index in [0.29, 0.717) is 11.6 Å². The Kier molecular flexibility index (Phi) is 3.81. The maximum atomic E-state index is 5.91. The molecule has 0 saturated heterocycles. The van der Waals surface area contributed by atoms with Crippen LogP contribution in [0.3, 0.4) is 0 Å². The Morgan fingerprint density at radius 2 is 2.06 bits per heavy atom. The van der Waals surface area contributed by atoms with Crippen LogP contribution in [0.5, 0.6) is 5.75 Å². The highest BCUT2D eigenvalue weighted by molar-refractivity contribution is 9.10. The van der Waals surface area contributed by atoms with Crippen LogP contribution in [0.15, 0.2) is 35.1 Å². The van der Waals surface area contributed by atoms with Crippen LogP contribution in [0.2, 0.25) is 5.15 Å². The van der Waals surface area contributed by atoms with E-state index in [1.54, 1.807) is 0 Å². The first-order valence-corrected chi connectivity index (χ1v) is 5.95. The predicted octanol–water partition coefficient (Wildman–Crippen LogP) is 3.64. The lowest BCUT2D eigenvalue weighted by atomic mass is 10.3. The SMILES string of the molecule is COc1c(Cl)ncnc1Nc1ccccc1Br. The van der Waals surface area contributed by atoms with Gasteiger partial charge < -0.3 is 10.1 Å². The van der Waals surface area contributed by atoms with Crippen LogP contribution in [-0.4, -0.2) is 17.1 Å². The molecule has 2 aromatic rings. The lowest BCUT2D eigenvalue weighted by Gasteiger charge is -2.11. The molecule has 1 aromatic heterocycles. The largest absolute Gasteiger partial charge is 0.490 e. The predicted molar refractivity (Wildman–Crippen MR) is 71.0 cm³/mol. The van der Waals surface area contributed by atoms with Gasteiger partial charge in [-0.3, -0.25) is 0 Å². The standard InChI is InChI=1S/C11H9BrClN3O/c1-17-9-10(13)14-6-15-11(9)16-8-5-3-2-4-7(8)12/h2-6H,1H3,(H,14,15,16). The molecule has 88 valence electrons. The minimum absolute atomic E-state index is 0.275. The van der Waals surface area contributed by atoms with Crippen LogP contribution in [0.1, 0.15) is 0 Å². The van der Waals surface area contributed by atoms with Crippen LogP contribution in [0.25, 0.3) is 0 Å². The molecule has 0 saturated carbocycles. The fourth-order valence-corrected chi connectivity index (χ4v) is 1.91. The molecule has 0 unspecified atom stereocenters. The van der Waals surface area contributed by atoms with Gasteiger partial charge in [0.1, 0.15) is 6.33 Å². The van der Waals surface area contributed by atoms with E-state index in [-0.39, 0.29) is 5.15 Å². The lowest BCUT2D eigenvalue weighted by Crippen LogP contribution is -1.99. The second-order valence-electron chi connectivity index (χ2n) is 3.15. The Morgan fingerprint density at radius 1 is 1.29 bits per heavy atom. The third-order valence-electron chi connectivity index (χ3n) is 2.09. The monoisotopic (exact) mass is 313 g/mol. The number of methoxy groups -OCH3 is 1. The Bertz CT molecular complexity index is 536. The van der Waals surface area contributed by atoms with Gasteiger partial charge in [-0.25, -0.2) is 9.97 Å². The third kappa shape index (κ3) is 2.68.